The number of amides is 2. The van der Waals surface area contributed by atoms with Crippen LogP contribution in [0.25, 0.3) is 0 Å². The number of nitrogens with zero attached hydrogens (tertiary/aromatic N) is 2. The van der Waals surface area contributed by atoms with E-state index >= 15 is 0 Å². The SMILES string of the molecule is CNC(=O)CN1CCC[C@@H]1c1csc(NC(=O)c2ccc(Br)cc2)n1. The molecule has 1 atom stereocenters. The molecule has 3 rings (SSSR count). The van der Waals surface area contributed by atoms with Gasteiger partial charge in [0.05, 0.1) is 18.3 Å². The number of likely N-dealkylation sites (tertiary alicyclic amines) is 1. The van der Waals surface area contributed by atoms with Gasteiger partial charge in [0, 0.05) is 22.5 Å². The average Bonchev–Trinajstić information content (AvgIpc) is 3.24. The second-order valence-electron chi connectivity index (χ2n) is 5.84. The number of hydrogen-bond acceptors (Lipinski definition) is 5. The third-order valence-electron chi connectivity index (χ3n) is 4.18. The van der Waals surface area contributed by atoms with Gasteiger partial charge in [-0.25, -0.2) is 4.98 Å². The van der Waals surface area contributed by atoms with Crippen molar-refractivity contribution in [3.05, 3.63) is 45.4 Å². The molecule has 0 saturated carbocycles. The molecule has 1 saturated heterocycles. The molecule has 2 aromatic rings. The number of aromatic nitrogens is 1. The number of carbonyl (C=O) groups is 2. The van der Waals surface area contributed by atoms with Gasteiger partial charge in [0.2, 0.25) is 5.91 Å². The summed E-state index contributed by atoms with van der Waals surface area (Å²) >= 11 is 4.76. The van der Waals surface area contributed by atoms with Crippen molar-refractivity contribution in [2.24, 2.45) is 0 Å². The van der Waals surface area contributed by atoms with Gasteiger partial charge in [0.1, 0.15) is 0 Å². The summed E-state index contributed by atoms with van der Waals surface area (Å²) in [6.45, 7) is 1.26. The first-order valence-corrected chi connectivity index (χ1v) is 9.71. The molecule has 6 nitrogen and oxygen atoms in total. The topological polar surface area (TPSA) is 74.3 Å². The van der Waals surface area contributed by atoms with Crippen molar-refractivity contribution in [3.8, 4) is 0 Å². The van der Waals surface area contributed by atoms with Gasteiger partial charge in [-0.1, -0.05) is 15.9 Å². The maximum atomic E-state index is 12.3. The van der Waals surface area contributed by atoms with Gasteiger partial charge in [-0.3, -0.25) is 19.8 Å². The predicted molar refractivity (Wildman–Crippen MR) is 102 cm³/mol. The Labute approximate surface area is 158 Å². The summed E-state index contributed by atoms with van der Waals surface area (Å²) in [5, 5.41) is 8.04. The average molecular weight is 423 g/mol. The fourth-order valence-electron chi connectivity index (χ4n) is 2.88. The number of rotatable bonds is 5. The van der Waals surface area contributed by atoms with Crippen LogP contribution in [0, 0.1) is 0 Å². The number of carbonyl (C=O) groups excluding carboxylic acids is 2. The number of benzene rings is 1. The molecule has 1 aromatic carbocycles. The third kappa shape index (κ3) is 4.45. The van der Waals surface area contributed by atoms with Gasteiger partial charge < -0.3 is 5.32 Å². The minimum Gasteiger partial charge on any atom is -0.358 e. The highest BCUT2D eigenvalue weighted by molar-refractivity contribution is 9.10. The van der Waals surface area contributed by atoms with E-state index in [0.29, 0.717) is 17.2 Å². The quantitative estimate of drug-likeness (QED) is 0.776. The second kappa shape index (κ2) is 8.07. The van der Waals surface area contributed by atoms with Gasteiger partial charge in [0.15, 0.2) is 5.13 Å². The molecule has 0 aliphatic carbocycles. The molecule has 1 aliphatic heterocycles. The van der Waals surface area contributed by atoms with Crippen LogP contribution in [-0.4, -0.2) is 41.8 Å². The molecular formula is C17H19BrN4O2S. The van der Waals surface area contributed by atoms with E-state index in [-0.39, 0.29) is 17.9 Å². The minimum atomic E-state index is -0.179. The number of anilines is 1. The molecule has 2 N–H and O–H groups in total. The zero-order valence-corrected chi connectivity index (χ0v) is 16.2. The van der Waals surface area contributed by atoms with Gasteiger partial charge in [0.25, 0.3) is 5.91 Å². The summed E-state index contributed by atoms with van der Waals surface area (Å²) in [4.78, 5) is 30.6. The normalized spacial score (nSPS) is 17.4. The molecule has 0 bridgehead atoms. The van der Waals surface area contributed by atoms with Crippen LogP contribution in [0.3, 0.4) is 0 Å². The Hall–Kier alpha value is -1.77. The molecular weight excluding hydrogens is 404 g/mol. The van der Waals surface area contributed by atoms with Crippen LogP contribution in [-0.2, 0) is 4.79 Å². The summed E-state index contributed by atoms with van der Waals surface area (Å²) in [7, 11) is 1.64. The predicted octanol–water partition coefficient (Wildman–Crippen LogP) is 3.04. The Morgan fingerprint density at radius 1 is 1.36 bits per heavy atom. The zero-order chi connectivity index (χ0) is 17.8. The zero-order valence-electron chi connectivity index (χ0n) is 13.8. The second-order valence-corrected chi connectivity index (χ2v) is 7.61. The summed E-state index contributed by atoms with van der Waals surface area (Å²) in [6, 6.07) is 7.31. The number of hydrogen-bond donors (Lipinski definition) is 2. The third-order valence-corrected chi connectivity index (χ3v) is 5.48. The molecule has 2 heterocycles. The fraction of sp³-hybridized carbons (Fsp3) is 0.353. The number of thiazole rings is 1. The van der Waals surface area contributed by atoms with Gasteiger partial charge in [-0.2, -0.15) is 0 Å². The lowest BCUT2D eigenvalue weighted by molar-refractivity contribution is -0.122. The van der Waals surface area contributed by atoms with Crippen molar-refractivity contribution in [2.45, 2.75) is 18.9 Å². The Kier molecular flexibility index (Phi) is 5.82. The van der Waals surface area contributed by atoms with Crippen LogP contribution in [0.2, 0.25) is 0 Å². The van der Waals surface area contributed by atoms with Crippen LogP contribution in [0.15, 0.2) is 34.1 Å². The van der Waals surface area contributed by atoms with Gasteiger partial charge in [-0.15, -0.1) is 11.3 Å². The molecule has 0 unspecified atom stereocenters. The number of nitrogens with one attached hydrogen (secondary N) is 2. The summed E-state index contributed by atoms with van der Waals surface area (Å²) < 4.78 is 0.929. The smallest absolute Gasteiger partial charge is 0.257 e. The van der Waals surface area contributed by atoms with Crippen LogP contribution < -0.4 is 10.6 Å². The Bertz CT molecular complexity index is 762. The number of likely N-dealkylation sites (N-methyl/N-ethyl adjacent to an activating group) is 1. The maximum Gasteiger partial charge on any atom is 0.257 e. The molecule has 132 valence electrons. The highest BCUT2D eigenvalue weighted by atomic mass is 79.9. The summed E-state index contributed by atoms with van der Waals surface area (Å²) in [5.74, 6) is -0.173. The highest BCUT2D eigenvalue weighted by Crippen LogP contribution is 2.33. The van der Waals surface area contributed by atoms with Crippen LogP contribution in [0.1, 0.15) is 34.9 Å². The Morgan fingerprint density at radius 2 is 2.12 bits per heavy atom. The van der Waals surface area contributed by atoms with E-state index in [4.69, 9.17) is 0 Å². The van der Waals surface area contributed by atoms with Crippen LogP contribution >= 0.6 is 27.3 Å². The Balaban J connectivity index is 1.66. The minimum absolute atomic E-state index is 0.00546. The molecule has 0 spiro atoms. The van der Waals surface area contributed by atoms with E-state index in [9.17, 15) is 9.59 Å². The molecule has 1 aliphatic rings. The first kappa shape index (κ1) is 18.0. The van der Waals surface area contributed by atoms with E-state index in [1.165, 1.54) is 11.3 Å². The fourth-order valence-corrected chi connectivity index (χ4v) is 3.90. The van der Waals surface area contributed by atoms with Crippen molar-refractivity contribution in [1.29, 1.82) is 0 Å². The molecule has 8 heteroatoms. The molecule has 1 fully saturated rings. The van der Waals surface area contributed by atoms with E-state index < -0.39 is 0 Å². The van der Waals surface area contributed by atoms with Crippen molar-refractivity contribution in [1.82, 2.24) is 15.2 Å². The lowest BCUT2D eigenvalue weighted by Gasteiger charge is -2.21. The van der Waals surface area contributed by atoms with Gasteiger partial charge >= 0.3 is 0 Å². The van der Waals surface area contributed by atoms with Crippen molar-refractivity contribution in [3.63, 3.8) is 0 Å². The first-order chi connectivity index (χ1) is 12.1. The van der Waals surface area contributed by atoms with E-state index in [1.807, 2.05) is 17.5 Å². The van der Waals surface area contributed by atoms with Gasteiger partial charge in [-0.05, 0) is 43.7 Å². The summed E-state index contributed by atoms with van der Waals surface area (Å²) in [6.07, 6.45) is 2.01. The molecule has 25 heavy (non-hydrogen) atoms. The highest BCUT2D eigenvalue weighted by Gasteiger charge is 2.29. The van der Waals surface area contributed by atoms with Crippen molar-refractivity contribution < 1.29 is 9.59 Å². The number of halogens is 1. The lowest BCUT2D eigenvalue weighted by atomic mass is 10.2. The van der Waals surface area contributed by atoms with Crippen LogP contribution in [0.5, 0.6) is 0 Å². The first-order valence-electron chi connectivity index (χ1n) is 8.04. The van der Waals surface area contributed by atoms with E-state index in [1.54, 1.807) is 19.2 Å². The lowest BCUT2D eigenvalue weighted by Crippen LogP contribution is -2.35. The molecule has 1 aromatic heterocycles. The monoisotopic (exact) mass is 422 g/mol. The largest absolute Gasteiger partial charge is 0.358 e. The van der Waals surface area contributed by atoms with Crippen LogP contribution in [0.4, 0.5) is 5.13 Å². The van der Waals surface area contributed by atoms with Crippen molar-refractivity contribution in [2.75, 3.05) is 25.5 Å². The maximum absolute atomic E-state index is 12.3. The standard InChI is InChI=1S/C17H19BrN4O2S/c1-19-15(23)9-22-8-2-3-14(22)13-10-25-17(20-13)21-16(24)11-4-6-12(18)7-5-11/h4-7,10,14H,2-3,8-9H2,1H3,(H,19,23)(H,20,21,24)/t14-/m1/s1. The Morgan fingerprint density at radius 3 is 2.84 bits per heavy atom. The van der Waals surface area contributed by atoms with Crippen molar-refractivity contribution >= 4 is 44.2 Å². The van der Waals surface area contributed by atoms with E-state index in [0.717, 1.165) is 29.6 Å². The summed E-state index contributed by atoms with van der Waals surface area (Å²) in [5.41, 5.74) is 1.50. The molecule has 2 amide bonds. The van der Waals surface area contributed by atoms with E-state index in [2.05, 4.69) is 36.4 Å². The molecule has 0 radical (unpaired) electrons.